The molecule has 1 rings (SSSR count). The maximum absolute atomic E-state index is 5.88. The van der Waals surface area contributed by atoms with Gasteiger partial charge in [-0.25, -0.2) is 0 Å². The second kappa shape index (κ2) is 3.97. The van der Waals surface area contributed by atoms with E-state index in [0.29, 0.717) is 5.41 Å². The number of nitrogens with two attached hydrogens (primary N) is 1. The van der Waals surface area contributed by atoms with Crippen LogP contribution in [0.25, 0.3) is 0 Å². The topological polar surface area (TPSA) is 35.2 Å². The lowest BCUT2D eigenvalue weighted by atomic mass is 9.77. The summed E-state index contributed by atoms with van der Waals surface area (Å²) in [7, 11) is 1.79. The quantitative estimate of drug-likeness (QED) is 0.729. The number of ether oxygens (including phenoxy) is 1. The lowest BCUT2D eigenvalue weighted by molar-refractivity contribution is -0.0175. The van der Waals surface area contributed by atoms with Crippen molar-refractivity contribution in [2.45, 2.75) is 51.6 Å². The molecule has 1 aliphatic rings. The fourth-order valence-corrected chi connectivity index (χ4v) is 2.55. The van der Waals surface area contributed by atoms with Crippen LogP contribution in [0.5, 0.6) is 0 Å². The standard InChI is InChI=1S/C11H23NO/c1-10(2,13-3)8-11(9-12)6-4-5-7-11/h4-9,12H2,1-3H3. The molecule has 1 aliphatic carbocycles. The zero-order valence-corrected chi connectivity index (χ0v) is 9.23. The van der Waals surface area contributed by atoms with E-state index in [2.05, 4.69) is 13.8 Å². The Balaban J connectivity index is 2.57. The lowest BCUT2D eigenvalue weighted by Gasteiger charge is -2.35. The summed E-state index contributed by atoms with van der Waals surface area (Å²) in [5.41, 5.74) is 6.24. The Hall–Kier alpha value is -0.0800. The molecule has 0 amide bonds. The molecule has 2 N–H and O–H groups in total. The molecule has 78 valence electrons. The first kappa shape index (κ1) is 11.0. The highest BCUT2D eigenvalue weighted by Crippen LogP contribution is 2.43. The van der Waals surface area contributed by atoms with Crippen LogP contribution in [0, 0.1) is 5.41 Å². The van der Waals surface area contributed by atoms with Crippen molar-refractivity contribution < 1.29 is 4.74 Å². The Morgan fingerprint density at radius 1 is 1.31 bits per heavy atom. The van der Waals surface area contributed by atoms with Crippen molar-refractivity contribution >= 4 is 0 Å². The third-order valence-electron chi connectivity index (χ3n) is 3.45. The van der Waals surface area contributed by atoms with E-state index in [0.717, 1.165) is 13.0 Å². The normalized spacial score (nSPS) is 22.2. The van der Waals surface area contributed by atoms with Crippen molar-refractivity contribution in [3.8, 4) is 0 Å². The van der Waals surface area contributed by atoms with Gasteiger partial charge in [-0.3, -0.25) is 0 Å². The van der Waals surface area contributed by atoms with E-state index in [1.54, 1.807) is 7.11 Å². The zero-order chi connectivity index (χ0) is 9.95. The van der Waals surface area contributed by atoms with Crippen LogP contribution in [-0.4, -0.2) is 19.3 Å². The molecule has 0 aliphatic heterocycles. The summed E-state index contributed by atoms with van der Waals surface area (Å²) in [4.78, 5) is 0. The average Bonchev–Trinajstić information content (AvgIpc) is 2.53. The lowest BCUT2D eigenvalue weighted by Crippen LogP contribution is -2.37. The van der Waals surface area contributed by atoms with Gasteiger partial charge in [0.1, 0.15) is 0 Å². The van der Waals surface area contributed by atoms with Gasteiger partial charge >= 0.3 is 0 Å². The molecule has 0 aromatic rings. The second-order valence-electron chi connectivity index (χ2n) is 5.05. The highest BCUT2D eigenvalue weighted by atomic mass is 16.5. The minimum absolute atomic E-state index is 0.0102. The predicted molar refractivity (Wildman–Crippen MR) is 55.7 cm³/mol. The Labute approximate surface area is 81.8 Å². The summed E-state index contributed by atoms with van der Waals surface area (Å²) in [6.45, 7) is 5.13. The molecule has 1 fully saturated rings. The van der Waals surface area contributed by atoms with Gasteiger partial charge in [-0.05, 0) is 45.1 Å². The third kappa shape index (κ3) is 2.68. The third-order valence-corrected chi connectivity index (χ3v) is 3.45. The van der Waals surface area contributed by atoms with Crippen LogP contribution in [0.2, 0.25) is 0 Å². The van der Waals surface area contributed by atoms with E-state index >= 15 is 0 Å². The maximum atomic E-state index is 5.88. The summed E-state index contributed by atoms with van der Waals surface area (Å²) < 4.78 is 5.47. The van der Waals surface area contributed by atoms with Gasteiger partial charge in [0.25, 0.3) is 0 Å². The van der Waals surface area contributed by atoms with E-state index in [9.17, 15) is 0 Å². The summed E-state index contributed by atoms with van der Waals surface area (Å²) in [5.74, 6) is 0. The summed E-state index contributed by atoms with van der Waals surface area (Å²) >= 11 is 0. The number of rotatable bonds is 4. The largest absolute Gasteiger partial charge is 0.379 e. The van der Waals surface area contributed by atoms with E-state index < -0.39 is 0 Å². The molecule has 2 nitrogen and oxygen atoms in total. The molecule has 0 radical (unpaired) electrons. The van der Waals surface area contributed by atoms with Crippen LogP contribution in [0.3, 0.4) is 0 Å². The van der Waals surface area contributed by atoms with Gasteiger partial charge in [-0.15, -0.1) is 0 Å². The second-order valence-corrected chi connectivity index (χ2v) is 5.05. The molecule has 0 aromatic heterocycles. The van der Waals surface area contributed by atoms with E-state index in [1.165, 1.54) is 25.7 Å². The first-order valence-electron chi connectivity index (χ1n) is 5.29. The van der Waals surface area contributed by atoms with E-state index in [-0.39, 0.29) is 5.60 Å². The van der Waals surface area contributed by atoms with Crippen molar-refractivity contribution in [1.82, 2.24) is 0 Å². The predicted octanol–water partition coefficient (Wildman–Crippen LogP) is 2.32. The number of hydrogen-bond donors (Lipinski definition) is 1. The summed E-state index contributed by atoms with van der Waals surface area (Å²) in [5, 5.41) is 0. The zero-order valence-electron chi connectivity index (χ0n) is 9.23. The molecule has 0 unspecified atom stereocenters. The number of methoxy groups -OCH3 is 1. The van der Waals surface area contributed by atoms with Crippen LogP contribution >= 0.6 is 0 Å². The molecule has 0 spiro atoms. The van der Waals surface area contributed by atoms with Gasteiger partial charge in [-0.2, -0.15) is 0 Å². The summed E-state index contributed by atoms with van der Waals surface area (Å²) in [6.07, 6.45) is 6.37. The van der Waals surface area contributed by atoms with Gasteiger partial charge in [0.15, 0.2) is 0 Å². The first-order valence-corrected chi connectivity index (χ1v) is 5.29. The van der Waals surface area contributed by atoms with Crippen LogP contribution in [-0.2, 0) is 4.74 Å². The molecule has 0 bridgehead atoms. The van der Waals surface area contributed by atoms with Crippen molar-refractivity contribution in [2.24, 2.45) is 11.1 Å². The van der Waals surface area contributed by atoms with Gasteiger partial charge in [0.05, 0.1) is 5.60 Å². The maximum Gasteiger partial charge on any atom is 0.0628 e. The monoisotopic (exact) mass is 185 g/mol. The highest BCUT2D eigenvalue weighted by molar-refractivity contribution is 4.90. The minimum atomic E-state index is -0.0102. The van der Waals surface area contributed by atoms with Crippen molar-refractivity contribution in [1.29, 1.82) is 0 Å². The van der Waals surface area contributed by atoms with E-state index in [4.69, 9.17) is 10.5 Å². The molecule has 0 heterocycles. The average molecular weight is 185 g/mol. The van der Waals surface area contributed by atoms with Gasteiger partial charge in [0.2, 0.25) is 0 Å². The first-order chi connectivity index (χ1) is 6.04. The molecule has 0 aromatic carbocycles. The number of hydrogen-bond acceptors (Lipinski definition) is 2. The van der Waals surface area contributed by atoms with Crippen LogP contribution in [0.1, 0.15) is 46.0 Å². The molecular formula is C11H23NO. The van der Waals surface area contributed by atoms with Gasteiger partial charge in [0, 0.05) is 7.11 Å². The SMILES string of the molecule is COC(C)(C)CC1(CN)CCCC1. The molecule has 2 heteroatoms. The van der Waals surface area contributed by atoms with Crippen molar-refractivity contribution in [3.05, 3.63) is 0 Å². The van der Waals surface area contributed by atoms with Gasteiger partial charge < -0.3 is 10.5 Å². The smallest absolute Gasteiger partial charge is 0.0628 e. The van der Waals surface area contributed by atoms with Crippen LogP contribution in [0.4, 0.5) is 0 Å². The molecule has 0 atom stereocenters. The Bertz CT molecular complexity index is 159. The van der Waals surface area contributed by atoms with E-state index in [1.807, 2.05) is 0 Å². The Morgan fingerprint density at radius 2 is 1.85 bits per heavy atom. The van der Waals surface area contributed by atoms with Crippen molar-refractivity contribution in [3.63, 3.8) is 0 Å². The Morgan fingerprint density at radius 3 is 2.23 bits per heavy atom. The van der Waals surface area contributed by atoms with Crippen molar-refractivity contribution in [2.75, 3.05) is 13.7 Å². The highest BCUT2D eigenvalue weighted by Gasteiger charge is 2.37. The molecule has 1 saturated carbocycles. The Kier molecular flexibility index (Phi) is 3.36. The molecule has 13 heavy (non-hydrogen) atoms. The fourth-order valence-electron chi connectivity index (χ4n) is 2.55. The fraction of sp³-hybridized carbons (Fsp3) is 1.00. The van der Waals surface area contributed by atoms with Gasteiger partial charge in [-0.1, -0.05) is 12.8 Å². The molecular weight excluding hydrogens is 162 g/mol. The van der Waals surface area contributed by atoms with Crippen LogP contribution in [0.15, 0.2) is 0 Å². The summed E-state index contributed by atoms with van der Waals surface area (Å²) in [6, 6.07) is 0. The minimum Gasteiger partial charge on any atom is -0.379 e. The molecule has 0 saturated heterocycles. The van der Waals surface area contributed by atoms with Crippen LogP contribution < -0.4 is 5.73 Å².